The Labute approximate surface area is 103 Å². The van der Waals surface area contributed by atoms with Crippen LogP contribution in [0.25, 0.3) is 0 Å². The van der Waals surface area contributed by atoms with Crippen LogP contribution in [0.15, 0.2) is 12.1 Å². The summed E-state index contributed by atoms with van der Waals surface area (Å²) in [7, 11) is 3.50. The third-order valence-electron chi connectivity index (χ3n) is 2.97. The van der Waals surface area contributed by atoms with Gasteiger partial charge in [0.05, 0.1) is 7.11 Å². The van der Waals surface area contributed by atoms with Crippen molar-refractivity contribution in [1.82, 2.24) is 5.32 Å². The molecule has 17 heavy (non-hydrogen) atoms. The normalized spacial score (nSPS) is 12.3. The zero-order chi connectivity index (χ0) is 13.0. The van der Waals surface area contributed by atoms with Gasteiger partial charge in [0.2, 0.25) is 0 Å². The maximum atomic E-state index is 12.2. The SMILES string of the molecule is CNCC(C)C(=O)c1cc(C)c(OC)cc1C. The van der Waals surface area contributed by atoms with Crippen molar-refractivity contribution in [3.05, 3.63) is 28.8 Å². The second kappa shape index (κ2) is 5.82. The van der Waals surface area contributed by atoms with Gasteiger partial charge in [-0.05, 0) is 44.2 Å². The predicted octanol–water partition coefficient (Wildman–Crippen LogP) is 2.35. The molecule has 1 unspecified atom stereocenters. The second-order valence-electron chi connectivity index (χ2n) is 4.46. The molecule has 0 bridgehead atoms. The van der Waals surface area contributed by atoms with Gasteiger partial charge in [-0.2, -0.15) is 0 Å². The van der Waals surface area contributed by atoms with Crippen LogP contribution in [0.4, 0.5) is 0 Å². The van der Waals surface area contributed by atoms with Gasteiger partial charge in [0.25, 0.3) is 0 Å². The second-order valence-corrected chi connectivity index (χ2v) is 4.46. The average molecular weight is 235 g/mol. The van der Waals surface area contributed by atoms with Gasteiger partial charge in [-0.15, -0.1) is 0 Å². The Morgan fingerprint density at radius 1 is 1.35 bits per heavy atom. The maximum Gasteiger partial charge on any atom is 0.167 e. The highest BCUT2D eigenvalue weighted by molar-refractivity contribution is 5.99. The van der Waals surface area contributed by atoms with E-state index in [-0.39, 0.29) is 11.7 Å². The Balaban J connectivity index is 3.06. The molecule has 1 rings (SSSR count). The molecule has 3 heteroatoms. The molecule has 3 nitrogen and oxygen atoms in total. The highest BCUT2D eigenvalue weighted by atomic mass is 16.5. The fourth-order valence-corrected chi connectivity index (χ4v) is 1.94. The summed E-state index contributed by atoms with van der Waals surface area (Å²) >= 11 is 0. The van der Waals surface area contributed by atoms with Crippen molar-refractivity contribution in [1.29, 1.82) is 0 Å². The van der Waals surface area contributed by atoms with Crippen LogP contribution in [0, 0.1) is 19.8 Å². The van der Waals surface area contributed by atoms with Crippen molar-refractivity contribution in [2.24, 2.45) is 5.92 Å². The van der Waals surface area contributed by atoms with Crippen LogP contribution >= 0.6 is 0 Å². The Morgan fingerprint density at radius 2 is 2.00 bits per heavy atom. The third-order valence-corrected chi connectivity index (χ3v) is 2.97. The molecule has 0 saturated carbocycles. The van der Waals surface area contributed by atoms with Gasteiger partial charge in [-0.3, -0.25) is 4.79 Å². The Bertz CT molecular complexity index is 413. The van der Waals surface area contributed by atoms with Crippen molar-refractivity contribution in [2.75, 3.05) is 20.7 Å². The lowest BCUT2D eigenvalue weighted by Gasteiger charge is -2.14. The standard InChI is InChI=1S/C14H21NO2/c1-9-7-13(17-5)10(2)6-12(9)14(16)11(3)8-15-4/h6-7,11,15H,8H2,1-5H3. The highest BCUT2D eigenvalue weighted by Gasteiger charge is 2.17. The number of nitrogens with one attached hydrogen (secondary N) is 1. The van der Waals surface area contributed by atoms with Gasteiger partial charge in [0.1, 0.15) is 5.75 Å². The average Bonchev–Trinajstić information content (AvgIpc) is 2.31. The summed E-state index contributed by atoms with van der Waals surface area (Å²) < 4.78 is 5.24. The first-order chi connectivity index (χ1) is 8.01. The van der Waals surface area contributed by atoms with E-state index in [0.717, 1.165) is 22.4 Å². The van der Waals surface area contributed by atoms with Crippen molar-refractivity contribution in [2.45, 2.75) is 20.8 Å². The number of ketones is 1. The van der Waals surface area contributed by atoms with Gasteiger partial charge in [-0.1, -0.05) is 6.92 Å². The maximum absolute atomic E-state index is 12.2. The van der Waals surface area contributed by atoms with E-state index in [1.807, 2.05) is 40.0 Å². The molecule has 0 aliphatic heterocycles. The van der Waals surface area contributed by atoms with Gasteiger partial charge in [0, 0.05) is 18.0 Å². The van der Waals surface area contributed by atoms with E-state index in [9.17, 15) is 4.79 Å². The summed E-state index contributed by atoms with van der Waals surface area (Å²) in [6.07, 6.45) is 0. The van der Waals surface area contributed by atoms with Gasteiger partial charge in [0.15, 0.2) is 5.78 Å². The summed E-state index contributed by atoms with van der Waals surface area (Å²) in [5.74, 6) is 1.01. The van der Waals surface area contributed by atoms with Crippen LogP contribution in [-0.2, 0) is 0 Å². The van der Waals surface area contributed by atoms with Crippen LogP contribution < -0.4 is 10.1 Å². The molecule has 0 aliphatic carbocycles. The minimum absolute atomic E-state index is 0.00788. The molecule has 1 aromatic rings. The lowest BCUT2D eigenvalue weighted by molar-refractivity contribution is 0.0929. The van der Waals surface area contributed by atoms with Crippen LogP contribution in [0.5, 0.6) is 5.75 Å². The van der Waals surface area contributed by atoms with Crippen molar-refractivity contribution >= 4 is 5.78 Å². The monoisotopic (exact) mass is 235 g/mol. The summed E-state index contributed by atoms with van der Waals surface area (Å²) in [5.41, 5.74) is 2.77. The number of carbonyl (C=O) groups is 1. The minimum atomic E-state index is -0.00788. The van der Waals surface area contributed by atoms with Crippen molar-refractivity contribution < 1.29 is 9.53 Å². The smallest absolute Gasteiger partial charge is 0.167 e. The number of rotatable bonds is 5. The van der Waals surface area contributed by atoms with E-state index in [1.54, 1.807) is 7.11 Å². The zero-order valence-corrected chi connectivity index (χ0v) is 11.3. The molecule has 0 radical (unpaired) electrons. The van der Waals surface area contributed by atoms with Crippen LogP contribution in [-0.4, -0.2) is 26.5 Å². The Hall–Kier alpha value is -1.35. The molecular weight excluding hydrogens is 214 g/mol. The number of aryl methyl sites for hydroxylation is 2. The van der Waals surface area contributed by atoms with E-state index >= 15 is 0 Å². The van der Waals surface area contributed by atoms with Crippen LogP contribution in [0.3, 0.4) is 0 Å². The number of hydrogen-bond donors (Lipinski definition) is 1. The molecule has 0 aliphatic rings. The van der Waals surface area contributed by atoms with Crippen LogP contribution in [0.1, 0.15) is 28.4 Å². The topological polar surface area (TPSA) is 38.3 Å². The van der Waals surface area contributed by atoms with E-state index in [2.05, 4.69) is 5.32 Å². The number of hydrogen-bond acceptors (Lipinski definition) is 3. The summed E-state index contributed by atoms with van der Waals surface area (Å²) in [5, 5.41) is 3.03. The fourth-order valence-electron chi connectivity index (χ4n) is 1.94. The largest absolute Gasteiger partial charge is 0.496 e. The number of Topliss-reactive ketones (excluding diaryl/α,β-unsaturated/α-hetero) is 1. The number of carbonyl (C=O) groups excluding carboxylic acids is 1. The minimum Gasteiger partial charge on any atom is -0.496 e. The summed E-state index contributed by atoms with van der Waals surface area (Å²) in [6.45, 7) is 6.54. The summed E-state index contributed by atoms with van der Waals surface area (Å²) in [4.78, 5) is 12.2. The summed E-state index contributed by atoms with van der Waals surface area (Å²) in [6, 6.07) is 3.84. The highest BCUT2D eigenvalue weighted by Crippen LogP contribution is 2.24. The van der Waals surface area contributed by atoms with E-state index < -0.39 is 0 Å². The Kier molecular flexibility index (Phi) is 4.70. The van der Waals surface area contributed by atoms with Crippen molar-refractivity contribution in [3.63, 3.8) is 0 Å². The molecular formula is C14H21NO2. The molecule has 0 amide bonds. The Morgan fingerprint density at radius 3 is 2.53 bits per heavy atom. The molecule has 0 heterocycles. The number of benzene rings is 1. The first-order valence-electron chi connectivity index (χ1n) is 5.85. The van der Waals surface area contributed by atoms with E-state index in [4.69, 9.17) is 4.74 Å². The molecule has 0 spiro atoms. The first-order valence-corrected chi connectivity index (χ1v) is 5.85. The van der Waals surface area contributed by atoms with E-state index in [0.29, 0.717) is 6.54 Å². The van der Waals surface area contributed by atoms with Gasteiger partial charge < -0.3 is 10.1 Å². The lowest BCUT2D eigenvalue weighted by Crippen LogP contribution is -2.24. The molecule has 1 N–H and O–H groups in total. The number of ether oxygens (including phenoxy) is 1. The quantitative estimate of drug-likeness (QED) is 0.796. The van der Waals surface area contributed by atoms with E-state index in [1.165, 1.54) is 0 Å². The first kappa shape index (κ1) is 13.7. The predicted molar refractivity (Wildman–Crippen MR) is 69.9 cm³/mol. The van der Waals surface area contributed by atoms with Crippen molar-refractivity contribution in [3.8, 4) is 5.75 Å². The van der Waals surface area contributed by atoms with Gasteiger partial charge in [-0.25, -0.2) is 0 Å². The molecule has 94 valence electrons. The molecule has 0 fully saturated rings. The number of methoxy groups -OCH3 is 1. The molecule has 0 aromatic heterocycles. The molecule has 1 atom stereocenters. The zero-order valence-electron chi connectivity index (χ0n) is 11.3. The molecule has 0 saturated heterocycles. The van der Waals surface area contributed by atoms with Gasteiger partial charge >= 0.3 is 0 Å². The van der Waals surface area contributed by atoms with Crippen LogP contribution in [0.2, 0.25) is 0 Å². The molecule has 1 aromatic carbocycles. The lowest BCUT2D eigenvalue weighted by atomic mass is 9.94. The third kappa shape index (κ3) is 3.07. The fraction of sp³-hybridized carbons (Fsp3) is 0.500.